The number of pyridine rings is 2. The van der Waals surface area contributed by atoms with Crippen LogP contribution in [0, 0.1) is 13.8 Å². The number of halogens is 2. The molecule has 5 heterocycles. The average Bonchev–Trinajstić information content (AvgIpc) is 3.49. The minimum atomic E-state index is -2.85. The number of aromatic nitrogens is 6. The van der Waals surface area contributed by atoms with Crippen LogP contribution in [0.3, 0.4) is 0 Å². The molecule has 0 saturated heterocycles. The highest BCUT2D eigenvalue weighted by atomic mass is 19.3. The first-order valence-corrected chi connectivity index (χ1v) is 11.0. The molecule has 0 spiro atoms. The Hall–Kier alpha value is -3.88. The fraction of sp³-hybridized carbons (Fsp3) is 0.280. The molecular weight excluding hydrogens is 438 g/mol. The topological polar surface area (TPSA) is 74.6 Å². The van der Waals surface area contributed by atoms with E-state index in [1.54, 1.807) is 24.8 Å². The third kappa shape index (κ3) is 3.98. The van der Waals surface area contributed by atoms with Crippen LogP contribution in [0.25, 0.3) is 33.3 Å². The second-order valence-electron chi connectivity index (χ2n) is 8.67. The molecule has 0 bridgehead atoms. The van der Waals surface area contributed by atoms with Crippen molar-refractivity contribution in [3.63, 3.8) is 0 Å². The van der Waals surface area contributed by atoms with Crippen LogP contribution in [-0.2, 0) is 6.54 Å². The van der Waals surface area contributed by atoms with Crippen molar-refractivity contribution >= 4 is 11.0 Å². The Balaban J connectivity index is 1.68. The first-order chi connectivity index (χ1) is 16.2. The highest BCUT2D eigenvalue weighted by Crippen LogP contribution is 2.36. The first-order valence-electron chi connectivity index (χ1n) is 11.0. The number of rotatable bonds is 6. The summed E-state index contributed by atoms with van der Waals surface area (Å²) in [6.45, 7) is 6.23. The highest BCUT2D eigenvalue weighted by molar-refractivity contribution is 5.95. The largest absolute Gasteiger partial charge is 0.361 e. The molecule has 34 heavy (non-hydrogen) atoms. The summed E-state index contributed by atoms with van der Waals surface area (Å²) in [5.41, 5.74) is 6.66. The summed E-state index contributed by atoms with van der Waals surface area (Å²) in [4.78, 5) is 9.30. The average molecular weight is 463 g/mol. The molecule has 5 rings (SSSR count). The van der Waals surface area contributed by atoms with Gasteiger partial charge in [-0.15, -0.1) is 0 Å². The standard InChI is InChI=1S/C25H24F2N6O/c1-15-23(17(3)34-31-15)18-9-22-24(29-10-18)20(19-11-30-32(12-19)14-25(4,26)27)13-33(22)16(2)21-7-5-6-8-28-21/h5-13,16H,14H2,1-4H3/t16-/m0/s1. The van der Waals surface area contributed by atoms with Crippen molar-refractivity contribution in [2.75, 3.05) is 0 Å². The van der Waals surface area contributed by atoms with Gasteiger partial charge in [-0.25, -0.2) is 8.78 Å². The number of hydrogen-bond donors (Lipinski definition) is 0. The fourth-order valence-electron chi connectivity index (χ4n) is 4.33. The third-order valence-corrected chi connectivity index (χ3v) is 5.91. The molecule has 7 nitrogen and oxygen atoms in total. The van der Waals surface area contributed by atoms with Crippen molar-refractivity contribution in [2.24, 2.45) is 0 Å². The van der Waals surface area contributed by atoms with Crippen LogP contribution >= 0.6 is 0 Å². The van der Waals surface area contributed by atoms with Gasteiger partial charge in [0.25, 0.3) is 5.92 Å². The van der Waals surface area contributed by atoms with Crippen molar-refractivity contribution in [1.29, 1.82) is 0 Å². The molecule has 5 aromatic heterocycles. The molecule has 0 aliphatic rings. The molecule has 0 fully saturated rings. The summed E-state index contributed by atoms with van der Waals surface area (Å²) in [5, 5.41) is 8.22. The fourth-order valence-corrected chi connectivity index (χ4v) is 4.33. The van der Waals surface area contributed by atoms with E-state index in [1.807, 2.05) is 38.2 Å². The van der Waals surface area contributed by atoms with E-state index in [-0.39, 0.29) is 6.04 Å². The van der Waals surface area contributed by atoms with Crippen LogP contribution in [-0.4, -0.2) is 35.4 Å². The Morgan fingerprint density at radius 3 is 2.59 bits per heavy atom. The van der Waals surface area contributed by atoms with Crippen molar-refractivity contribution < 1.29 is 13.3 Å². The lowest BCUT2D eigenvalue weighted by molar-refractivity contribution is 0.000604. The van der Waals surface area contributed by atoms with E-state index in [0.29, 0.717) is 0 Å². The summed E-state index contributed by atoms with van der Waals surface area (Å²) in [6.07, 6.45) is 8.77. The van der Waals surface area contributed by atoms with E-state index in [2.05, 4.69) is 32.8 Å². The number of fused-ring (bicyclic) bond motifs is 1. The molecule has 0 unspecified atom stereocenters. The van der Waals surface area contributed by atoms with Gasteiger partial charge < -0.3 is 9.09 Å². The maximum atomic E-state index is 13.5. The van der Waals surface area contributed by atoms with Crippen LogP contribution in [0.4, 0.5) is 8.78 Å². The van der Waals surface area contributed by atoms with Crippen LogP contribution in [0.2, 0.25) is 0 Å². The zero-order valence-electron chi connectivity index (χ0n) is 19.3. The molecular formula is C25H24F2N6O. The zero-order valence-corrected chi connectivity index (χ0v) is 19.3. The smallest absolute Gasteiger partial charge is 0.264 e. The second-order valence-corrected chi connectivity index (χ2v) is 8.67. The quantitative estimate of drug-likeness (QED) is 0.317. The summed E-state index contributed by atoms with van der Waals surface area (Å²) >= 11 is 0. The van der Waals surface area contributed by atoms with Gasteiger partial charge in [-0.1, -0.05) is 11.2 Å². The molecule has 0 amide bonds. The van der Waals surface area contributed by atoms with Crippen molar-refractivity contribution in [3.05, 3.63) is 72.4 Å². The van der Waals surface area contributed by atoms with Crippen LogP contribution in [0.15, 0.2) is 59.8 Å². The molecule has 1 atom stereocenters. The van der Waals surface area contributed by atoms with E-state index in [4.69, 9.17) is 9.51 Å². The number of hydrogen-bond acceptors (Lipinski definition) is 5. The minimum Gasteiger partial charge on any atom is -0.361 e. The Morgan fingerprint density at radius 2 is 1.91 bits per heavy atom. The lowest BCUT2D eigenvalue weighted by Crippen LogP contribution is -2.19. The van der Waals surface area contributed by atoms with Gasteiger partial charge in [0.15, 0.2) is 0 Å². The Kier molecular flexibility index (Phi) is 5.27. The molecule has 9 heteroatoms. The Labute approximate surface area is 195 Å². The van der Waals surface area contributed by atoms with Crippen LogP contribution in [0.1, 0.15) is 37.0 Å². The molecule has 0 aliphatic heterocycles. The maximum absolute atomic E-state index is 13.5. The van der Waals surface area contributed by atoms with Gasteiger partial charge in [-0.3, -0.25) is 14.6 Å². The summed E-state index contributed by atoms with van der Waals surface area (Å²) < 4.78 is 35.8. The van der Waals surface area contributed by atoms with E-state index >= 15 is 0 Å². The van der Waals surface area contributed by atoms with E-state index in [9.17, 15) is 8.78 Å². The molecule has 174 valence electrons. The molecule has 0 aromatic carbocycles. The van der Waals surface area contributed by atoms with Gasteiger partial charge in [-0.2, -0.15) is 5.10 Å². The van der Waals surface area contributed by atoms with Gasteiger partial charge in [0.1, 0.15) is 12.3 Å². The van der Waals surface area contributed by atoms with Gasteiger partial charge in [-0.05, 0) is 39.0 Å². The molecule has 0 radical (unpaired) electrons. The van der Waals surface area contributed by atoms with Gasteiger partial charge in [0.2, 0.25) is 0 Å². The zero-order chi connectivity index (χ0) is 24.0. The molecule has 0 aliphatic carbocycles. The predicted molar refractivity (Wildman–Crippen MR) is 125 cm³/mol. The molecule has 0 saturated carbocycles. The normalized spacial score (nSPS) is 13.0. The molecule has 5 aromatic rings. The van der Waals surface area contributed by atoms with Crippen LogP contribution < -0.4 is 0 Å². The van der Waals surface area contributed by atoms with Crippen molar-refractivity contribution in [1.82, 2.24) is 29.5 Å². The predicted octanol–water partition coefficient (Wildman–Crippen LogP) is 5.83. The number of alkyl halides is 2. The van der Waals surface area contributed by atoms with E-state index in [0.717, 1.165) is 57.4 Å². The number of nitrogens with zero attached hydrogens (tertiary/aromatic N) is 6. The lowest BCUT2D eigenvalue weighted by Gasteiger charge is -2.15. The van der Waals surface area contributed by atoms with Crippen molar-refractivity contribution in [2.45, 2.75) is 46.2 Å². The summed E-state index contributed by atoms with van der Waals surface area (Å²) in [7, 11) is 0. The number of aryl methyl sites for hydroxylation is 2. The summed E-state index contributed by atoms with van der Waals surface area (Å²) in [6, 6.07) is 7.78. The van der Waals surface area contributed by atoms with Gasteiger partial charge in [0.05, 0.1) is 34.7 Å². The monoisotopic (exact) mass is 462 g/mol. The third-order valence-electron chi connectivity index (χ3n) is 5.91. The van der Waals surface area contributed by atoms with Gasteiger partial charge in [0, 0.05) is 54.0 Å². The summed E-state index contributed by atoms with van der Waals surface area (Å²) in [5.74, 6) is -2.14. The van der Waals surface area contributed by atoms with E-state index < -0.39 is 12.5 Å². The minimum absolute atomic E-state index is 0.0887. The second kappa shape index (κ2) is 8.16. The van der Waals surface area contributed by atoms with Gasteiger partial charge >= 0.3 is 0 Å². The lowest BCUT2D eigenvalue weighted by atomic mass is 10.1. The SMILES string of the molecule is Cc1noc(C)c1-c1cnc2c(-c3cnn(CC(C)(F)F)c3)cn([C@@H](C)c3ccccn3)c2c1. The molecule has 0 N–H and O–H groups in total. The van der Waals surface area contributed by atoms with E-state index in [1.165, 1.54) is 4.68 Å². The van der Waals surface area contributed by atoms with Crippen molar-refractivity contribution in [3.8, 4) is 22.3 Å². The Bertz CT molecular complexity index is 1440. The highest BCUT2D eigenvalue weighted by Gasteiger charge is 2.24. The van der Waals surface area contributed by atoms with Crippen LogP contribution in [0.5, 0.6) is 0 Å². The Morgan fingerprint density at radius 1 is 1.09 bits per heavy atom. The first kappa shape index (κ1) is 21.9. The maximum Gasteiger partial charge on any atom is 0.264 e.